The van der Waals surface area contributed by atoms with Crippen molar-refractivity contribution in [3.05, 3.63) is 0 Å². The van der Waals surface area contributed by atoms with Gasteiger partial charge in [0.25, 0.3) is 0 Å². The van der Waals surface area contributed by atoms with E-state index in [9.17, 15) is 14.4 Å². The average molecular weight is 196 g/mol. The molecule has 1 heterocycles. The monoisotopic (exact) mass is 196 g/mol. The van der Waals surface area contributed by atoms with E-state index in [1.165, 1.54) is 0 Å². The van der Waals surface area contributed by atoms with Crippen molar-refractivity contribution in [1.29, 1.82) is 0 Å². The van der Waals surface area contributed by atoms with Gasteiger partial charge >= 0.3 is 11.9 Å². The molecule has 0 aromatic carbocycles. The molecular weight excluding hydrogens is 189 g/mol. The fourth-order valence-corrected chi connectivity index (χ4v) is 1.08. The van der Waals surface area contributed by atoms with E-state index in [2.05, 4.69) is 0 Å². The van der Waals surface area contributed by atoms with Crippen molar-refractivity contribution >= 4 is 47.4 Å². The Hall–Kier alpha value is -0.590. The quantitative estimate of drug-likeness (QED) is 0.365. The largest absolute Gasteiger partial charge is 0.479 e. The van der Waals surface area contributed by atoms with Crippen molar-refractivity contribution in [3.8, 4) is 0 Å². The maximum absolute atomic E-state index is 10.6. The zero-order valence-corrected chi connectivity index (χ0v) is 9.03. The molecule has 0 aromatic rings. The number of carboxylic acid groups (broad SMARTS) is 2. The number of carboxylic acids is 2. The van der Waals surface area contributed by atoms with E-state index in [-0.39, 0.29) is 42.4 Å². The first-order chi connectivity index (χ1) is 5.49. The van der Waals surface area contributed by atoms with Crippen molar-refractivity contribution in [2.24, 2.45) is 0 Å². The Bertz CT molecular complexity index is 250. The fourth-order valence-electron chi connectivity index (χ4n) is 1.08. The van der Waals surface area contributed by atoms with Crippen molar-refractivity contribution in [1.82, 2.24) is 5.32 Å². The van der Waals surface area contributed by atoms with E-state index in [0.29, 0.717) is 0 Å². The molecule has 0 aromatic heterocycles. The van der Waals surface area contributed by atoms with E-state index < -0.39 is 23.4 Å². The van der Waals surface area contributed by atoms with Gasteiger partial charge in [0.1, 0.15) is 0 Å². The zero-order chi connectivity index (χ0) is 9.35. The van der Waals surface area contributed by atoms with E-state index in [1.807, 2.05) is 5.32 Å². The molecular formula is C6H7NNaO5. The van der Waals surface area contributed by atoms with Gasteiger partial charge in [0.2, 0.25) is 11.4 Å². The average Bonchev–Trinajstić information content (AvgIpc) is 2.32. The summed E-state index contributed by atoms with van der Waals surface area (Å²) in [4.78, 5) is 31.7. The molecule has 1 rings (SSSR count). The molecule has 67 valence electrons. The molecule has 0 aliphatic carbocycles. The van der Waals surface area contributed by atoms with Crippen LogP contribution in [-0.4, -0.2) is 63.2 Å². The van der Waals surface area contributed by atoms with Crippen LogP contribution >= 0.6 is 0 Å². The number of carbonyl (C=O) groups is 3. The second kappa shape index (κ2) is 4.08. The van der Waals surface area contributed by atoms with Crippen molar-refractivity contribution < 1.29 is 24.6 Å². The Morgan fingerprint density at radius 2 is 1.77 bits per heavy atom. The van der Waals surface area contributed by atoms with Crippen LogP contribution in [0.4, 0.5) is 0 Å². The number of hydrogen-bond acceptors (Lipinski definition) is 3. The standard InChI is InChI=1S/C6H7NO5.Na/c8-3-1-2-6(7-3,4(9)10)5(11)12;/h1-2H2,(H,7,8)(H,9,10)(H,11,12);. The van der Waals surface area contributed by atoms with Crippen LogP contribution < -0.4 is 5.32 Å². The van der Waals surface area contributed by atoms with Gasteiger partial charge in [-0.3, -0.25) is 4.79 Å². The third-order valence-electron chi connectivity index (χ3n) is 1.81. The topological polar surface area (TPSA) is 104 Å². The van der Waals surface area contributed by atoms with Gasteiger partial charge in [-0.2, -0.15) is 0 Å². The van der Waals surface area contributed by atoms with Gasteiger partial charge in [-0.05, 0) is 0 Å². The predicted molar refractivity (Wildman–Crippen MR) is 41.1 cm³/mol. The summed E-state index contributed by atoms with van der Waals surface area (Å²) >= 11 is 0. The summed E-state index contributed by atoms with van der Waals surface area (Å²) in [5.74, 6) is -3.60. The van der Waals surface area contributed by atoms with Gasteiger partial charge in [0.05, 0.1) is 0 Å². The van der Waals surface area contributed by atoms with E-state index in [1.54, 1.807) is 0 Å². The molecule has 1 aliphatic rings. The molecule has 0 spiro atoms. The molecule has 0 unspecified atom stereocenters. The van der Waals surface area contributed by atoms with E-state index in [4.69, 9.17) is 10.2 Å². The molecule has 0 atom stereocenters. The fraction of sp³-hybridized carbons (Fsp3) is 0.500. The maximum Gasteiger partial charge on any atom is 0.341 e. The van der Waals surface area contributed by atoms with E-state index >= 15 is 0 Å². The van der Waals surface area contributed by atoms with Crippen LogP contribution in [0, 0.1) is 0 Å². The molecule has 1 amide bonds. The first kappa shape index (κ1) is 12.4. The minimum absolute atomic E-state index is 0. The molecule has 7 heteroatoms. The number of hydrogen-bond donors (Lipinski definition) is 3. The summed E-state index contributed by atoms with van der Waals surface area (Å²) in [5, 5.41) is 19.0. The normalized spacial score (nSPS) is 18.6. The molecule has 0 bridgehead atoms. The Labute approximate surface area is 95.6 Å². The Morgan fingerprint density at radius 3 is 1.92 bits per heavy atom. The molecule has 1 fully saturated rings. The third kappa shape index (κ3) is 2.01. The smallest absolute Gasteiger partial charge is 0.341 e. The first-order valence-electron chi connectivity index (χ1n) is 3.27. The number of rotatable bonds is 2. The minimum atomic E-state index is -2.10. The predicted octanol–water partition coefficient (Wildman–Crippen LogP) is -1.58. The molecule has 6 nitrogen and oxygen atoms in total. The molecule has 1 saturated heterocycles. The third-order valence-corrected chi connectivity index (χ3v) is 1.81. The summed E-state index contributed by atoms with van der Waals surface area (Å²) in [6.45, 7) is 0. The van der Waals surface area contributed by atoms with Crippen LogP contribution in [0.15, 0.2) is 0 Å². The summed E-state index contributed by atoms with van der Waals surface area (Å²) < 4.78 is 0. The SMILES string of the molecule is O=C1CCC(C(=O)O)(C(=O)O)N1.[Na]. The summed E-state index contributed by atoms with van der Waals surface area (Å²) in [7, 11) is 0. The number of carbonyl (C=O) groups excluding carboxylic acids is 1. The van der Waals surface area contributed by atoms with Gasteiger partial charge in [-0.25, -0.2) is 9.59 Å². The molecule has 1 radical (unpaired) electrons. The summed E-state index contributed by atoms with van der Waals surface area (Å²) in [5.41, 5.74) is -2.10. The molecule has 13 heavy (non-hydrogen) atoms. The van der Waals surface area contributed by atoms with Crippen LogP contribution in [0.2, 0.25) is 0 Å². The Balaban J connectivity index is 0.00000144. The molecule has 3 N–H and O–H groups in total. The Kier molecular flexibility index (Phi) is 3.89. The maximum atomic E-state index is 10.6. The Morgan fingerprint density at radius 1 is 1.31 bits per heavy atom. The van der Waals surface area contributed by atoms with Gasteiger partial charge in [-0.15, -0.1) is 0 Å². The second-order valence-electron chi connectivity index (χ2n) is 2.56. The van der Waals surface area contributed by atoms with Gasteiger partial charge < -0.3 is 15.5 Å². The summed E-state index contributed by atoms with van der Waals surface area (Å²) in [6.07, 6.45) is -0.255. The van der Waals surface area contributed by atoms with Crippen molar-refractivity contribution in [2.75, 3.05) is 0 Å². The second-order valence-corrected chi connectivity index (χ2v) is 2.56. The van der Waals surface area contributed by atoms with Gasteiger partial charge in [-0.1, -0.05) is 0 Å². The van der Waals surface area contributed by atoms with Crippen LogP contribution in [0.25, 0.3) is 0 Å². The van der Waals surface area contributed by atoms with E-state index in [0.717, 1.165) is 0 Å². The molecule has 0 saturated carbocycles. The zero-order valence-electron chi connectivity index (χ0n) is 7.03. The van der Waals surface area contributed by atoms with Crippen LogP contribution in [0.3, 0.4) is 0 Å². The molecule has 1 aliphatic heterocycles. The summed E-state index contributed by atoms with van der Waals surface area (Å²) in [6, 6.07) is 0. The van der Waals surface area contributed by atoms with Crippen molar-refractivity contribution in [2.45, 2.75) is 18.4 Å². The minimum Gasteiger partial charge on any atom is -0.479 e. The number of amides is 1. The first-order valence-corrected chi connectivity index (χ1v) is 3.27. The van der Waals surface area contributed by atoms with Gasteiger partial charge in [0.15, 0.2) is 0 Å². The van der Waals surface area contributed by atoms with Crippen LogP contribution in [0.5, 0.6) is 0 Å². The van der Waals surface area contributed by atoms with Crippen molar-refractivity contribution in [3.63, 3.8) is 0 Å². The van der Waals surface area contributed by atoms with Crippen LogP contribution in [0.1, 0.15) is 12.8 Å². The van der Waals surface area contributed by atoms with Crippen LogP contribution in [-0.2, 0) is 14.4 Å². The van der Waals surface area contributed by atoms with Gasteiger partial charge in [0, 0.05) is 42.4 Å². The number of nitrogens with one attached hydrogen (secondary N) is 1. The number of aliphatic carboxylic acids is 2.